The van der Waals surface area contributed by atoms with E-state index in [1.807, 2.05) is 24.3 Å². The predicted molar refractivity (Wildman–Crippen MR) is 76.8 cm³/mol. The first-order valence-corrected chi connectivity index (χ1v) is 6.88. The molecule has 1 aromatic rings. The molecule has 0 saturated carbocycles. The van der Waals surface area contributed by atoms with E-state index >= 15 is 0 Å². The van der Waals surface area contributed by atoms with E-state index in [1.54, 1.807) is 6.08 Å². The summed E-state index contributed by atoms with van der Waals surface area (Å²) >= 11 is 0. The smallest absolute Gasteiger partial charge is 0.0716 e. The second-order valence-electron chi connectivity index (χ2n) is 4.58. The van der Waals surface area contributed by atoms with Crippen molar-refractivity contribution >= 4 is 0 Å². The summed E-state index contributed by atoms with van der Waals surface area (Å²) < 4.78 is 5.57. The van der Waals surface area contributed by atoms with Gasteiger partial charge in [0.1, 0.15) is 0 Å². The highest BCUT2D eigenvalue weighted by Gasteiger charge is 2.01. The summed E-state index contributed by atoms with van der Waals surface area (Å²) in [5.41, 5.74) is 1.19. The molecule has 3 nitrogen and oxygen atoms in total. The lowest BCUT2D eigenvalue weighted by Crippen LogP contribution is -2.05. The van der Waals surface area contributed by atoms with Crippen LogP contribution in [0.4, 0.5) is 0 Å². The number of aliphatic hydroxyl groups excluding tert-OH is 2. The molecule has 0 fully saturated rings. The molecule has 0 aromatic heterocycles. The van der Waals surface area contributed by atoms with Crippen molar-refractivity contribution in [3.05, 3.63) is 48.0 Å². The minimum atomic E-state index is -0.308. The largest absolute Gasteiger partial charge is 0.393 e. The highest BCUT2D eigenvalue weighted by molar-refractivity contribution is 5.13. The first-order valence-electron chi connectivity index (χ1n) is 6.88. The van der Waals surface area contributed by atoms with Crippen molar-refractivity contribution in [3.63, 3.8) is 0 Å². The normalized spacial score (nSPS) is 12.9. The van der Waals surface area contributed by atoms with E-state index in [4.69, 9.17) is 9.84 Å². The van der Waals surface area contributed by atoms with E-state index in [-0.39, 0.29) is 12.7 Å². The van der Waals surface area contributed by atoms with Crippen LogP contribution in [0.2, 0.25) is 0 Å². The number of unbranched alkanes of at least 4 members (excludes halogenated alkanes) is 1. The van der Waals surface area contributed by atoms with Gasteiger partial charge >= 0.3 is 0 Å². The third-order valence-electron chi connectivity index (χ3n) is 2.87. The summed E-state index contributed by atoms with van der Waals surface area (Å²) in [6, 6.07) is 10.1. The molecule has 19 heavy (non-hydrogen) atoms. The topological polar surface area (TPSA) is 49.7 Å². The van der Waals surface area contributed by atoms with Gasteiger partial charge in [0, 0.05) is 6.61 Å². The average molecular weight is 264 g/mol. The van der Waals surface area contributed by atoms with Crippen molar-refractivity contribution in [1.82, 2.24) is 0 Å². The van der Waals surface area contributed by atoms with Crippen molar-refractivity contribution in [2.75, 3.05) is 13.2 Å². The Labute approximate surface area is 115 Å². The Bertz CT molecular complexity index is 335. The van der Waals surface area contributed by atoms with Gasteiger partial charge in [0.25, 0.3) is 0 Å². The first-order chi connectivity index (χ1) is 9.33. The number of benzene rings is 1. The van der Waals surface area contributed by atoms with Gasteiger partial charge in [0.05, 0.1) is 19.3 Å². The van der Waals surface area contributed by atoms with Crippen LogP contribution in [-0.4, -0.2) is 29.5 Å². The van der Waals surface area contributed by atoms with E-state index in [1.165, 1.54) is 5.56 Å². The molecule has 1 rings (SSSR count). The lowest BCUT2D eigenvalue weighted by molar-refractivity contribution is 0.109. The molecule has 1 aromatic carbocycles. The molecule has 106 valence electrons. The van der Waals surface area contributed by atoms with Gasteiger partial charge in [-0.25, -0.2) is 0 Å². The fourth-order valence-electron chi connectivity index (χ4n) is 1.79. The van der Waals surface area contributed by atoms with E-state index in [2.05, 4.69) is 12.1 Å². The lowest BCUT2D eigenvalue weighted by Gasteiger charge is -2.08. The Morgan fingerprint density at radius 3 is 2.63 bits per heavy atom. The van der Waals surface area contributed by atoms with Crippen molar-refractivity contribution in [2.45, 2.75) is 38.4 Å². The Hall–Kier alpha value is -1.16. The Balaban J connectivity index is 1.95. The summed E-state index contributed by atoms with van der Waals surface area (Å²) in [6.45, 7) is 1.43. The Morgan fingerprint density at radius 2 is 1.89 bits per heavy atom. The summed E-state index contributed by atoms with van der Waals surface area (Å²) in [5.74, 6) is 0. The van der Waals surface area contributed by atoms with E-state index in [9.17, 15) is 5.11 Å². The zero-order valence-corrected chi connectivity index (χ0v) is 11.4. The zero-order chi connectivity index (χ0) is 13.8. The van der Waals surface area contributed by atoms with Crippen LogP contribution in [0.1, 0.15) is 31.2 Å². The van der Waals surface area contributed by atoms with Gasteiger partial charge in [-0.05, 0) is 31.2 Å². The highest BCUT2D eigenvalue weighted by atomic mass is 16.5. The number of aliphatic hydroxyl groups is 2. The first kappa shape index (κ1) is 15.9. The van der Waals surface area contributed by atoms with E-state index in [0.717, 1.165) is 25.9 Å². The maximum Gasteiger partial charge on any atom is 0.0716 e. The van der Waals surface area contributed by atoms with Crippen LogP contribution in [-0.2, 0) is 11.3 Å². The fourth-order valence-corrected chi connectivity index (χ4v) is 1.79. The van der Waals surface area contributed by atoms with E-state index in [0.29, 0.717) is 13.0 Å². The molecular weight excluding hydrogens is 240 g/mol. The minimum absolute atomic E-state index is 0.0417. The minimum Gasteiger partial charge on any atom is -0.393 e. The van der Waals surface area contributed by atoms with Crippen LogP contribution in [0, 0.1) is 0 Å². The van der Waals surface area contributed by atoms with Gasteiger partial charge in [-0.3, -0.25) is 0 Å². The molecule has 1 unspecified atom stereocenters. The Morgan fingerprint density at radius 1 is 1.11 bits per heavy atom. The van der Waals surface area contributed by atoms with Crippen LogP contribution in [0.3, 0.4) is 0 Å². The molecule has 2 N–H and O–H groups in total. The average Bonchev–Trinajstić information content (AvgIpc) is 2.44. The van der Waals surface area contributed by atoms with Crippen molar-refractivity contribution in [3.8, 4) is 0 Å². The van der Waals surface area contributed by atoms with Crippen LogP contribution in [0.5, 0.6) is 0 Å². The maximum atomic E-state index is 9.64. The van der Waals surface area contributed by atoms with Crippen molar-refractivity contribution < 1.29 is 14.9 Å². The summed E-state index contributed by atoms with van der Waals surface area (Å²) in [7, 11) is 0. The molecule has 0 spiro atoms. The molecule has 3 heteroatoms. The molecule has 0 saturated heterocycles. The zero-order valence-electron chi connectivity index (χ0n) is 11.4. The second-order valence-corrected chi connectivity index (χ2v) is 4.58. The number of hydrogen-bond donors (Lipinski definition) is 2. The SMILES string of the molecule is OC/C=C\CC(O)CCCCOCc1ccccc1. The van der Waals surface area contributed by atoms with Crippen molar-refractivity contribution in [2.24, 2.45) is 0 Å². The summed E-state index contributed by atoms with van der Waals surface area (Å²) in [4.78, 5) is 0. The number of rotatable bonds is 10. The van der Waals surface area contributed by atoms with Crippen LogP contribution >= 0.6 is 0 Å². The van der Waals surface area contributed by atoms with Crippen LogP contribution < -0.4 is 0 Å². The molecular formula is C16H24O3. The quantitative estimate of drug-likeness (QED) is 0.504. The van der Waals surface area contributed by atoms with E-state index < -0.39 is 0 Å². The number of hydrogen-bond acceptors (Lipinski definition) is 3. The molecule has 0 aliphatic carbocycles. The van der Waals surface area contributed by atoms with Crippen LogP contribution in [0.15, 0.2) is 42.5 Å². The molecule has 0 aliphatic heterocycles. The lowest BCUT2D eigenvalue weighted by atomic mass is 10.1. The predicted octanol–water partition coefficient (Wildman–Crippen LogP) is 2.67. The monoisotopic (exact) mass is 264 g/mol. The Kier molecular flexibility index (Phi) is 8.98. The molecule has 0 radical (unpaired) electrons. The fraction of sp³-hybridized carbons (Fsp3) is 0.500. The van der Waals surface area contributed by atoms with Gasteiger partial charge in [-0.15, -0.1) is 0 Å². The maximum absolute atomic E-state index is 9.64. The van der Waals surface area contributed by atoms with Gasteiger partial charge in [0.15, 0.2) is 0 Å². The second kappa shape index (κ2) is 10.7. The molecule has 0 bridgehead atoms. The van der Waals surface area contributed by atoms with Gasteiger partial charge in [-0.1, -0.05) is 42.5 Å². The number of ether oxygens (including phenoxy) is 1. The van der Waals surface area contributed by atoms with Gasteiger partial charge in [-0.2, -0.15) is 0 Å². The summed E-state index contributed by atoms with van der Waals surface area (Å²) in [6.07, 6.45) is 6.49. The third-order valence-corrected chi connectivity index (χ3v) is 2.87. The standard InChI is InChI=1S/C16H24O3/c17-12-6-4-10-16(18)11-5-7-13-19-14-15-8-2-1-3-9-15/h1-4,6,8-9,16-18H,5,7,10-14H2/b6-4-. The van der Waals surface area contributed by atoms with Crippen LogP contribution in [0.25, 0.3) is 0 Å². The summed E-state index contributed by atoms with van der Waals surface area (Å²) in [5, 5.41) is 18.2. The van der Waals surface area contributed by atoms with Crippen molar-refractivity contribution in [1.29, 1.82) is 0 Å². The molecule has 0 heterocycles. The molecule has 1 atom stereocenters. The van der Waals surface area contributed by atoms with Gasteiger partial charge < -0.3 is 14.9 Å². The highest BCUT2D eigenvalue weighted by Crippen LogP contribution is 2.06. The van der Waals surface area contributed by atoms with Gasteiger partial charge in [0.2, 0.25) is 0 Å². The molecule has 0 amide bonds. The third kappa shape index (κ3) is 8.54. The molecule has 0 aliphatic rings.